The van der Waals surface area contributed by atoms with Crippen LogP contribution in [-0.4, -0.2) is 5.78 Å². The summed E-state index contributed by atoms with van der Waals surface area (Å²) in [6.07, 6.45) is 0. The summed E-state index contributed by atoms with van der Waals surface area (Å²) in [6, 6.07) is 3.42. The Morgan fingerprint density at radius 1 is 1.82 bits per heavy atom. The van der Waals surface area contributed by atoms with Crippen LogP contribution in [0.3, 0.4) is 0 Å². The summed E-state index contributed by atoms with van der Waals surface area (Å²) in [6.45, 7) is 1.45. The Balaban J connectivity index is 3.18. The molecule has 0 spiro atoms. The monoisotopic (exact) mass is 166 g/mol. The molecule has 0 fully saturated rings. The molecule has 0 bridgehead atoms. The molecule has 1 aromatic rings. The third-order valence-electron chi connectivity index (χ3n) is 1.23. The van der Waals surface area contributed by atoms with Crippen LogP contribution in [0.15, 0.2) is 6.07 Å². The van der Waals surface area contributed by atoms with Crippen LogP contribution in [0.1, 0.15) is 22.2 Å². The van der Waals surface area contributed by atoms with E-state index in [1.807, 2.05) is 6.07 Å². The lowest BCUT2D eigenvalue weighted by atomic mass is 10.3. The summed E-state index contributed by atoms with van der Waals surface area (Å²) in [5.74, 6) is -0.0526. The minimum atomic E-state index is -0.0526. The molecule has 0 saturated carbocycles. The fourth-order valence-electron chi connectivity index (χ4n) is 0.666. The smallest absolute Gasteiger partial charge is 0.169 e. The number of anilines is 1. The van der Waals surface area contributed by atoms with E-state index in [2.05, 4.69) is 0 Å². The minimum absolute atomic E-state index is 0.0526. The van der Waals surface area contributed by atoms with Crippen molar-refractivity contribution >= 4 is 22.1 Å². The van der Waals surface area contributed by atoms with Crippen molar-refractivity contribution in [2.24, 2.45) is 0 Å². The predicted molar refractivity (Wildman–Crippen MR) is 43.5 cm³/mol. The van der Waals surface area contributed by atoms with Gasteiger partial charge in [0.05, 0.1) is 10.4 Å². The molecule has 56 valence electrons. The number of Topliss-reactive ketones (excluding diaryl/α,β-unsaturated/α-hetero) is 1. The summed E-state index contributed by atoms with van der Waals surface area (Å²) in [5.41, 5.74) is 5.82. The second-order valence-corrected chi connectivity index (χ2v) is 3.14. The number of hydrogen-bond donors (Lipinski definition) is 1. The fraction of sp³-hybridized carbons (Fsp3) is 0.143. The van der Waals surface area contributed by atoms with E-state index >= 15 is 0 Å². The molecule has 0 radical (unpaired) electrons. The largest absolute Gasteiger partial charge is 0.389 e. The van der Waals surface area contributed by atoms with Crippen LogP contribution in [0.2, 0.25) is 0 Å². The molecule has 0 amide bonds. The lowest BCUT2D eigenvalue weighted by molar-refractivity contribution is 0.102. The maximum Gasteiger partial charge on any atom is 0.169 e. The van der Waals surface area contributed by atoms with Crippen molar-refractivity contribution in [2.75, 3.05) is 5.73 Å². The minimum Gasteiger partial charge on any atom is -0.389 e. The summed E-state index contributed by atoms with van der Waals surface area (Å²) in [5, 5.41) is 8.89. The highest BCUT2D eigenvalue weighted by atomic mass is 32.1. The van der Waals surface area contributed by atoms with Crippen LogP contribution in [0, 0.1) is 11.3 Å². The molecule has 0 aliphatic rings. The molecular weight excluding hydrogens is 160 g/mol. The zero-order chi connectivity index (χ0) is 8.43. The molecule has 4 heteroatoms. The van der Waals surface area contributed by atoms with Crippen LogP contribution >= 0.6 is 11.3 Å². The van der Waals surface area contributed by atoms with Gasteiger partial charge in [-0.1, -0.05) is 0 Å². The van der Waals surface area contributed by atoms with Crippen LogP contribution in [0.4, 0.5) is 5.00 Å². The zero-order valence-corrected chi connectivity index (χ0v) is 6.73. The Bertz CT molecular complexity index is 335. The number of nitrogen functional groups attached to an aromatic ring is 1. The molecule has 0 aliphatic carbocycles. The molecule has 1 rings (SSSR count). The van der Waals surface area contributed by atoms with Gasteiger partial charge < -0.3 is 5.73 Å². The number of nitrogens with two attached hydrogens (primary N) is 1. The van der Waals surface area contributed by atoms with Crippen molar-refractivity contribution in [1.82, 2.24) is 0 Å². The van der Waals surface area contributed by atoms with Gasteiger partial charge in [-0.25, -0.2) is 0 Å². The Kier molecular flexibility index (Phi) is 1.92. The average molecular weight is 166 g/mol. The van der Waals surface area contributed by atoms with Gasteiger partial charge in [0.1, 0.15) is 11.1 Å². The number of thiophene rings is 1. The zero-order valence-electron chi connectivity index (χ0n) is 5.92. The molecule has 0 saturated heterocycles. The highest BCUT2D eigenvalue weighted by Crippen LogP contribution is 2.24. The normalized spacial score (nSPS) is 9.09. The van der Waals surface area contributed by atoms with Gasteiger partial charge in [0.15, 0.2) is 5.78 Å². The molecular formula is C7H6N2OS. The van der Waals surface area contributed by atoms with Crippen LogP contribution in [-0.2, 0) is 0 Å². The number of rotatable bonds is 1. The molecule has 1 aromatic heterocycles. The Morgan fingerprint density at radius 3 is 2.73 bits per heavy atom. The van der Waals surface area contributed by atoms with Crippen molar-refractivity contribution in [3.8, 4) is 6.07 Å². The van der Waals surface area contributed by atoms with Gasteiger partial charge in [-0.2, -0.15) is 5.26 Å². The van der Waals surface area contributed by atoms with Crippen molar-refractivity contribution in [3.63, 3.8) is 0 Å². The van der Waals surface area contributed by atoms with Crippen LogP contribution in [0.5, 0.6) is 0 Å². The van der Waals surface area contributed by atoms with Gasteiger partial charge in [0.25, 0.3) is 0 Å². The number of nitrogens with zero attached hydrogens (tertiary/aromatic N) is 1. The second-order valence-electron chi connectivity index (χ2n) is 2.06. The Morgan fingerprint density at radius 2 is 2.45 bits per heavy atom. The summed E-state index contributed by atoms with van der Waals surface area (Å²) >= 11 is 1.15. The predicted octanol–water partition coefficient (Wildman–Crippen LogP) is 1.40. The maximum absolute atomic E-state index is 10.8. The highest BCUT2D eigenvalue weighted by molar-refractivity contribution is 7.18. The van der Waals surface area contributed by atoms with E-state index in [-0.39, 0.29) is 5.78 Å². The van der Waals surface area contributed by atoms with Gasteiger partial charge in [-0.05, 0) is 13.0 Å². The van der Waals surface area contributed by atoms with E-state index in [1.165, 1.54) is 13.0 Å². The Labute approximate surface area is 68.1 Å². The second kappa shape index (κ2) is 2.72. The molecule has 2 N–H and O–H groups in total. The molecule has 1 heterocycles. The molecule has 0 aliphatic heterocycles. The van der Waals surface area contributed by atoms with E-state index < -0.39 is 0 Å². The number of carbonyl (C=O) groups excluding carboxylic acids is 1. The molecule has 11 heavy (non-hydrogen) atoms. The van der Waals surface area contributed by atoms with Crippen molar-refractivity contribution in [1.29, 1.82) is 5.26 Å². The molecule has 3 nitrogen and oxygen atoms in total. The third-order valence-corrected chi connectivity index (χ3v) is 2.29. The van der Waals surface area contributed by atoms with Crippen LogP contribution < -0.4 is 5.73 Å². The van der Waals surface area contributed by atoms with Crippen molar-refractivity contribution < 1.29 is 4.79 Å². The van der Waals surface area contributed by atoms with Gasteiger partial charge in [-0.15, -0.1) is 11.3 Å². The first-order chi connectivity index (χ1) is 5.15. The number of hydrogen-bond acceptors (Lipinski definition) is 4. The number of ketones is 1. The van der Waals surface area contributed by atoms with Gasteiger partial charge in [0.2, 0.25) is 0 Å². The summed E-state index contributed by atoms with van der Waals surface area (Å²) in [7, 11) is 0. The third kappa shape index (κ3) is 1.38. The summed E-state index contributed by atoms with van der Waals surface area (Å²) in [4.78, 5) is 11.3. The lowest BCUT2D eigenvalue weighted by Gasteiger charge is -1.81. The fourth-order valence-corrected chi connectivity index (χ4v) is 1.44. The van der Waals surface area contributed by atoms with Crippen LogP contribution in [0.25, 0.3) is 0 Å². The van der Waals surface area contributed by atoms with E-state index in [4.69, 9.17) is 11.0 Å². The number of carbonyl (C=O) groups is 1. The topological polar surface area (TPSA) is 66.9 Å². The quantitative estimate of drug-likeness (QED) is 0.641. The first kappa shape index (κ1) is 7.76. The van der Waals surface area contributed by atoms with E-state index in [0.29, 0.717) is 15.4 Å². The highest BCUT2D eigenvalue weighted by Gasteiger charge is 2.07. The molecule has 0 atom stereocenters. The lowest BCUT2D eigenvalue weighted by Crippen LogP contribution is -1.83. The van der Waals surface area contributed by atoms with Gasteiger partial charge in [0, 0.05) is 0 Å². The number of nitriles is 1. The molecule has 0 unspecified atom stereocenters. The van der Waals surface area contributed by atoms with E-state index in [0.717, 1.165) is 11.3 Å². The standard InChI is InChI=1S/C7H6N2OS/c1-4(10)6-2-5(3-8)7(9)11-6/h2H,9H2,1H3. The van der Waals surface area contributed by atoms with Gasteiger partial charge >= 0.3 is 0 Å². The van der Waals surface area contributed by atoms with Gasteiger partial charge in [-0.3, -0.25) is 4.79 Å². The Hall–Kier alpha value is -1.34. The molecule has 0 aromatic carbocycles. The first-order valence-electron chi connectivity index (χ1n) is 2.95. The van der Waals surface area contributed by atoms with Crippen molar-refractivity contribution in [3.05, 3.63) is 16.5 Å². The average Bonchev–Trinajstić information content (AvgIpc) is 2.31. The van der Waals surface area contributed by atoms with E-state index in [9.17, 15) is 4.79 Å². The summed E-state index contributed by atoms with van der Waals surface area (Å²) < 4.78 is 0. The SMILES string of the molecule is CC(=O)c1cc(C#N)c(N)s1. The van der Waals surface area contributed by atoms with E-state index in [1.54, 1.807) is 0 Å². The maximum atomic E-state index is 10.8. The van der Waals surface area contributed by atoms with Crippen molar-refractivity contribution in [2.45, 2.75) is 6.92 Å². The first-order valence-corrected chi connectivity index (χ1v) is 3.77.